The number of halogens is 2. The Morgan fingerprint density at radius 3 is 1.70 bits per heavy atom. The topological polar surface area (TPSA) is 211 Å². The van der Waals surface area contributed by atoms with Gasteiger partial charge in [0.1, 0.15) is 17.8 Å². The van der Waals surface area contributed by atoms with Crippen LogP contribution in [-0.4, -0.2) is 93.2 Å². The maximum Gasteiger partial charge on any atom is 0.413 e. The molecule has 3 aromatic rings. The number of carbonyl (C=O) groups is 6. The fourth-order valence-electron chi connectivity index (χ4n) is 4.50. The van der Waals surface area contributed by atoms with E-state index in [-0.39, 0.29) is 11.4 Å². The van der Waals surface area contributed by atoms with E-state index >= 15 is 0 Å². The van der Waals surface area contributed by atoms with E-state index in [0.717, 1.165) is 23.9 Å². The van der Waals surface area contributed by atoms with Gasteiger partial charge in [-0.25, -0.2) is 24.0 Å². The molecule has 0 aliphatic rings. The van der Waals surface area contributed by atoms with Crippen molar-refractivity contribution in [1.29, 1.82) is 0 Å². The molecule has 0 saturated heterocycles. The number of aliphatic carboxylic acids is 2. The van der Waals surface area contributed by atoms with Gasteiger partial charge in [0.25, 0.3) is 5.91 Å². The van der Waals surface area contributed by atoms with Gasteiger partial charge in [-0.1, -0.05) is 18.2 Å². The van der Waals surface area contributed by atoms with Crippen molar-refractivity contribution >= 4 is 70.5 Å². The predicted octanol–water partition coefficient (Wildman–Crippen LogP) is 4.10. The summed E-state index contributed by atoms with van der Waals surface area (Å²) in [5.74, 6) is -6.83. The van der Waals surface area contributed by atoms with Crippen molar-refractivity contribution in [2.24, 2.45) is 0 Å². The van der Waals surface area contributed by atoms with E-state index in [1.807, 2.05) is 4.90 Å². The van der Waals surface area contributed by atoms with E-state index in [1.54, 1.807) is 18.2 Å². The largest absolute Gasteiger partial charge is 0.480 e. The molecule has 0 aliphatic carbocycles. The Bertz CT molecular complexity index is 1580. The lowest BCUT2D eigenvalue weighted by molar-refractivity contribution is -0.141. The molecule has 5 N–H and O–H groups in total. The second-order valence-electron chi connectivity index (χ2n) is 9.79. The summed E-state index contributed by atoms with van der Waals surface area (Å²) in [6.07, 6.45) is -2.11. The van der Waals surface area contributed by atoms with Gasteiger partial charge in [-0.2, -0.15) is 0 Å². The minimum Gasteiger partial charge on any atom is -0.480 e. The van der Waals surface area contributed by atoms with E-state index < -0.39 is 71.1 Å². The molecule has 3 aromatic carbocycles. The number of nitrogens with zero attached hydrogens (tertiary/aromatic N) is 2. The average molecular weight is 690 g/mol. The van der Waals surface area contributed by atoms with Crippen LogP contribution in [0.25, 0.3) is 0 Å². The fourth-order valence-corrected chi connectivity index (χ4v) is 4.91. The van der Waals surface area contributed by atoms with Crippen LogP contribution in [0, 0.1) is 0 Å². The Morgan fingerprint density at radius 1 is 0.702 bits per heavy atom. The summed E-state index contributed by atoms with van der Waals surface area (Å²) in [4.78, 5) is 77.2. The number of ether oxygens (including phenoxy) is 1. The first kappa shape index (κ1) is 36.1. The number of hydrogen-bond acceptors (Lipinski definition) is 8. The first-order valence-electron chi connectivity index (χ1n) is 13.8. The maximum absolute atomic E-state index is 13.8. The summed E-state index contributed by atoms with van der Waals surface area (Å²) >= 11 is 11.7. The smallest absolute Gasteiger partial charge is 0.413 e. The van der Waals surface area contributed by atoms with Gasteiger partial charge in [0.05, 0.1) is 11.1 Å². The number of hydrogen-bond donors (Lipinski definition) is 5. The zero-order valence-corrected chi connectivity index (χ0v) is 25.9. The Kier molecular flexibility index (Phi) is 12.9. The number of aromatic carboxylic acids is 2. The summed E-state index contributed by atoms with van der Waals surface area (Å²) in [7, 11) is 0. The number of alkyl halides is 2. The molecule has 0 bridgehead atoms. The molecular formula is C31H29Cl2N3O11. The van der Waals surface area contributed by atoms with E-state index in [9.17, 15) is 49.2 Å². The van der Waals surface area contributed by atoms with Crippen LogP contribution in [0.5, 0.6) is 5.75 Å². The van der Waals surface area contributed by atoms with Crippen molar-refractivity contribution in [2.75, 3.05) is 34.6 Å². The number of nitrogens with one attached hydrogen (secondary N) is 1. The second kappa shape index (κ2) is 16.8. The lowest BCUT2D eigenvalue weighted by Crippen LogP contribution is -2.52. The van der Waals surface area contributed by atoms with Gasteiger partial charge >= 0.3 is 30.0 Å². The molecule has 47 heavy (non-hydrogen) atoms. The van der Waals surface area contributed by atoms with Crippen LogP contribution >= 0.6 is 23.2 Å². The predicted molar refractivity (Wildman–Crippen MR) is 170 cm³/mol. The highest BCUT2D eigenvalue weighted by molar-refractivity contribution is 6.18. The summed E-state index contributed by atoms with van der Waals surface area (Å²) in [6.45, 7) is 1.02. The SMILES string of the molecule is O=C(N[C@@H](CC(C(=O)O)N(C(=O)c1cc(C(=O)O)cc(C(=O)O)c1)c1ccccc1)C(=O)O)Oc1ccc(N(CCCl)CCCl)cc1. The summed E-state index contributed by atoms with van der Waals surface area (Å²) < 4.78 is 5.20. The van der Waals surface area contributed by atoms with Crippen LogP contribution in [0.4, 0.5) is 16.2 Å². The van der Waals surface area contributed by atoms with Gasteiger partial charge in [0.2, 0.25) is 0 Å². The van der Waals surface area contributed by atoms with Gasteiger partial charge in [0, 0.05) is 48.2 Å². The van der Waals surface area contributed by atoms with Crippen molar-refractivity contribution in [2.45, 2.75) is 18.5 Å². The van der Waals surface area contributed by atoms with Crippen molar-refractivity contribution in [3.8, 4) is 5.75 Å². The Morgan fingerprint density at radius 2 is 1.23 bits per heavy atom. The first-order valence-corrected chi connectivity index (χ1v) is 14.8. The van der Waals surface area contributed by atoms with Gasteiger partial charge in [0.15, 0.2) is 0 Å². The zero-order chi connectivity index (χ0) is 34.7. The van der Waals surface area contributed by atoms with Gasteiger partial charge in [-0.3, -0.25) is 9.69 Å². The Labute approximate surface area is 277 Å². The molecule has 3 rings (SSSR count). The van der Waals surface area contributed by atoms with Gasteiger partial charge in [-0.15, -0.1) is 23.2 Å². The molecule has 0 spiro atoms. The summed E-state index contributed by atoms with van der Waals surface area (Å²) in [6, 6.07) is 12.0. The van der Waals surface area contributed by atoms with Crippen LogP contribution in [0.1, 0.15) is 37.5 Å². The molecule has 0 saturated carbocycles. The number of rotatable bonds is 16. The molecule has 16 heteroatoms. The molecular weight excluding hydrogens is 661 g/mol. The normalized spacial score (nSPS) is 11.9. The van der Waals surface area contributed by atoms with Crippen LogP contribution in [-0.2, 0) is 9.59 Å². The summed E-state index contributed by atoms with van der Waals surface area (Å²) in [5, 5.41) is 41.1. The molecule has 248 valence electrons. The third kappa shape index (κ3) is 9.82. The standard InChI is InChI=1S/C31H29Cl2N3O11/c32-10-12-35(13-11-33)21-6-8-23(9-7-21)47-31(46)34-24(29(42)43)17-25(30(44)45)36(22-4-2-1-3-5-22)26(37)18-14-19(27(38)39)16-20(15-18)28(40)41/h1-9,14-16,24-25H,10-13,17H2,(H,34,46)(H,38,39)(H,40,41)(H,42,43)(H,44,45)/t24-,25?/m0/s1. The quantitative estimate of drug-likeness (QED) is 0.135. The van der Waals surface area contributed by atoms with Crippen LogP contribution < -0.4 is 19.9 Å². The van der Waals surface area contributed by atoms with Crippen molar-refractivity contribution in [3.05, 3.63) is 89.5 Å². The molecule has 0 fully saturated rings. The molecule has 0 aromatic heterocycles. The zero-order valence-electron chi connectivity index (χ0n) is 24.4. The highest BCUT2D eigenvalue weighted by Crippen LogP contribution is 2.25. The van der Waals surface area contributed by atoms with Gasteiger partial charge < -0.3 is 35.4 Å². The lowest BCUT2D eigenvalue weighted by atomic mass is 10.0. The van der Waals surface area contributed by atoms with Gasteiger partial charge in [-0.05, 0) is 54.6 Å². The number of amides is 2. The molecule has 0 radical (unpaired) electrons. The van der Waals surface area contributed by atoms with E-state index in [1.165, 1.54) is 36.4 Å². The molecule has 1 unspecified atom stereocenters. The molecule has 14 nitrogen and oxygen atoms in total. The number of carboxylic acid groups (broad SMARTS) is 4. The second-order valence-corrected chi connectivity index (χ2v) is 10.5. The van der Waals surface area contributed by atoms with Crippen molar-refractivity contribution in [3.63, 3.8) is 0 Å². The highest BCUT2D eigenvalue weighted by atomic mass is 35.5. The Balaban J connectivity index is 1.91. The number of benzene rings is 3. The summed E-state index contributed by atoms with van der Waals surface area (Å²) in [5.41, 5.74) is -0.899. The Hall–Kier alpha value is -5.34. The third-order valence-electron chi connectivity index (χ3n) is 6.69. The number of anilines is 2. The maximum atomic E-state index is 13.8. The number of para-hydroxylation sites is 1. The monoisotopic (exact) mass is 689 g/mol. The van der Waals surface area contributed by atoms with Crippen LogP contribution in [0.3, 0.4) is 0 Å². The molecule has 2 atom stereocenters. The number of carboxylic acids is 4. The first-order chi connectivity index (χ1) is 22.4. The van der Waals surface area contributed by atoms with E-state index in [0.29, 0.717) is 29.7 Å². The van der Waals surface area contributed by atoms with Crippen LogP contribution in [0.15, 0.2) is 72.8 Å². The molecule has 0 heterocycles. The van der Waals surface area contributed by atoms with Crippen LogP contribution in [0.2, 0.25) is 0 Å². The van der Waals surface area contributed by atoms with Crippen molar-refractivity contribution < 1.29 is 53.9 Å². The van der Waals surface area contributed by atoms with Crippen molar-refractivity contribution in [1.82, 2.24) is 5.32 Å². The minimum atomic E-state index is -1.96. The minimum absolute atomic E-state index is 0.0355. The third-order valence-corrected chi connectivity index (χ3v) is 7.03. The highest BCUT2D eigenvalue weighted by Gasteiger charge is 2.37. The average Bonchev–Trinajstić information content (AvgIpc) is 3.04. The fraction of sp³-hybridized carbons (Fsp3) is 0.226. The van der Waals surface area contributed by atoms with E-state index in [2.05, 4.69) is 5.32 Å². The molecule has 0 aliphatic heterocycles. The van der Waals surface area contributed by atoms with E-state index in [4.69, 9.17) is 27.9 Å². The molecule has 2 amide bonds. The lowest BCUT2D eigenvalue weighted by Gasteiger charge is -2.31. The number of carbonyl (C=O) groups excluding carboxylic acids is 2.